The maximum atomic E-state index is 12.9. The lowest BCUT2D eigenvalue weighted by molar-refractivity contribution is -0.137. The zero-order chi connectivity index (χ0) is 24.6. The van der Waals surface area contributed by atoms with E-state index in [4.69, 9.17) is 0 Å². The Balaban J connectivity index is 1.03. The lowest BCUT2D eigenvalue weighted by Crippen LogP contribution is -2.43. The van der Waals surface area contributed by atoms with Crippen LogP contribution >= 0.6 is 0 Å². The Morgan fingerprint density at radius 3 is 2.26 bits per heavy atom. The first-order valence-corrected chi connectivity index (χ1v) is 12.3. The lowest BCUT2D eigenvalue weighted by atomic mass is 9.82. The number of likely N-dealkylation sites (tertiary alicyclic amines) is 1. The molecule has 0 radical (unpaired) electrons. The second-order valence-corrected chi connectivity index (χ2v) is 10.0. The van der Waals surface area contributed by atoms with Crippen LogP contribution in [0.3, 0.4) is 0 Å². The zero-order valence-corrected chi connectivity index (χ0v) is 19.4. The van der Waals surface area contributed by atoms with Crippen molar-refractivity contribution in [3.8, 4) is 0 Å². The summed E-state index contributed by atoms with van der Waals surface area (Å²) in [5.41, 5.74) is 0.440. The summed E-state index contributed by atoms with van der Waals surface area (Å²) in [6, 6.07) is 15.9. The zero-order valence-electron chi connectivity index (χ0n) is 19.4. The SMILES string of the molecule is O=C(NCC(=O)N1C[C@@H]2C(NC3CCC(c4ccccc4)CC3)[C@@H]2C1)c1cccc(C(F)(F)F)c1. The molecule has 2 aromatic carbocycles. The van der Waals surface area contributed by atoms with Gasteiger partial charge in [-0.15, -0.1) is 0 Å². The Hall–Kier alpha value is -2.87. The van der Waals surface area contributed by atoms with Gasteiger partial charge < -0.3 is 15.5 Å². The number of rotatable bonds is 6. The molecule has 5 nitrogen and oxygen atoms in total. The number of hydrogen-bond donors (Lipinski definition) is 2. The molecule has 2 amide bonds. The van der Waals surface area contributed by atoms with Gasteiger partial charge in [-0.25, -0.2) is 0 Å². The fraction of sp³-hybridized carbons (Fsp3) is 0.481. The highest BCUT2D eigenvalue weighted by atomic mass is 19.4. The smallest absolute Gasteiger partial charge is 0.343 e. The summed E-state index contributed by atoms with van der Waals surface area (Å²) in [6.45, 7) is 1.12. The van der Waals surface area contributed by atoms with E-state index in [0.29, 0.717) is 42.9 Å². The van der Waals surface area contributed by atoms with Crippen molar-refractivity contribution >= 4 is 11.8 Å². The molecule has 1 heterocycles. The van der Waals surface area contributed by atoms with Gasteiger partial charge >= 0.3 is 6.18 Å². The van der Waals surface area contributed by atoms with Crippen molar-refractivity contribution in [2.24, 2.45) is 11.8 Å². The minimum Gasteiger partial charge on any atom is -0.343 e. The molecule has 0 spiro atoms. The highest BCUT2D eigenvalue weighted by molar-refractivity contribution is 5.96. The van der Waals surface area contributed by atoms with Crippen molar-refractivity contribution in [2.45, 2.75) is 49.9 Å². The Morgan fingerprint density at radius 2 is 1.60 bits per heavy atom. The number of carbonyl (C=O) groups excluding carboxylic acids is 2. The number of piperidine rings is 1. The number of nitrogens with zero attached hydrogens (tertiary/aromatic N) is 1. The van der Waals surface area contributed by atoms with Crippen molar-refractivity contribution in [1.82, 2.24) is 15.5 Å². The Labute approximate surface area is 203 Å². The molecule has 0 bridgehead atoms. The van der Waals surface area contributed by atoms with Gasteiger partial charge in [-0.1, -0.05) is 36.4 Å². The quantitative estimate of drug-likeness (QED) is 0.645. The molecule has 186 valence electrons. The highest BCUT2D eigenvalue weighted by Gasteiger charge is 2.57. The molecule has 5 rings (SSSR count). The number of hydrogen-bond acceptors (Lipinski definition) is 3. The summed E-state index contributed by atoms with van der Waals surface area (Å²) in [6.07, 6.45) is 0.202. The summed E-state index contributed by atoms with van der Waals surface area (Å²) in [5, 5.41) is 6.28. The minimum absolute atomic E-state index is 0.108. The monoisotopic (exact) mass is 485 g/mol. The lowest BCUT2D eigenvalue weighted by Gasteiger charge is -2.30. The van der Waals surface area contributed by atoms with Gasteiger partial charge in [0.2, 0.25) is 5.91 Å². The summed E-state index contributed by atoms with van der Waals surface area (Å²) < 4.78 is 38.6. The second kappa shape index (κ2) is 9.64. The van der Waals surface area contributed by atoms with Crippen LogP contribution in [0.25, 0.3) is 0 Å². The number of amides is 2. The van der Waals surface area contributed by atoms with Gasteiger partial charge in [0, 0.05) is 30.7 Å². The van der Waals surface area contributed by atoms with Crippen molar-refractivity contribution in [2.75, 3.05) is 19.6 Å². The highest BCUT2D eigenvalue weighted by Crippen LogP contribution is 2.46. The summed E-state index contributed by atoms with van der Waals surface area (Å²) in [7, 11) is 0. The van der Waals surface area contributed by atoms with Gasteiger partial charge in [0.1, 0.15) is 0 Å². The van der Waals surface area contributed by atoms with Gasteiger partial charge in [-0.05, 0) is 67.2 Å². The normalized spacial score (nSPS) is 27.9. The third-order valence-electron chi connectivity index (χ3n) is 7.83. The average molecular weight is 486 g/mol. The van der Waals surface area contributed by atoms with Crippen molar-refractivity contribution in [3.63, 3.8) is 0 Å². The fourth-order valence-electron chi connectivity index (χ4n) is 5.77. The van der Waals surface area contributed by atoms with Crippen LogP contribution in [0.4, 0.5) is 13.2 Å². The van der Waals surface area contributed by atoms with Crippen molar-refractivity contribution in [1.29, 1.82) is 0 Å². The molecule has 2 N–H and O–H groups in total. The van der Waals surface area contributed by atoms with Crippen LogP contribution < -0.4 is 10.6 Å². The van der Waals surface area contributed by atoms with Crippen LogP contribution in [0, 0.1) is 11.8 Å². The first-order chi connectivity index (χ1) is 16.8. The predicted molar refractivity (Wildman–Crippen MR) is 126 cm³/mol. The molecule has 2 saturated carbocycles. The number of halogens is 3. The van der Waals surface area contributed by atoms with E-state index in [1.54, 1.807) is 4.90 Å². The number of benzene rings is 2. The fourth-order valence-corrected chi connectivity index (χ4v) is 5.77. The number of nitrogens with one attached hydrogen (secondary N) is 2. The molecule has 2 aliphatic carbocycles. The minimum atomic E-state index is -4.52. The number of carbonyl (C=O) groups is 2. The second-order valence-electron chi connectivity index (χ2n) is 10.0. The van der Waals surface area contributed by atoms with E-state index in [9.17, 15) is 22.8 Å². The van der Waals surface area contributed by atoms with Crippen LogP contribution in [-0.4, -0.2) is 48.4 Å². The molecule has 1 aliphatic heterocycles. The van der Waals surface area contributed by atoms with E-state index in [1.807, 2.05) is 0 Å². The summed E-state index contributed by atoms with van der Waals surface area (Å²) in [4.78, 5) is 26.6. The van der Waals surface area contributed by atoms with E-state index in [2.05, 4.69) is 41.0 Å². The number of alkyl halides is 3. The molecule has 2 aromatic rings. The molecular formula is C27H30F3N3O2. The van der Waals surface area contributed by atoms with E-state index in [-0.39, 0.29) is 18.0 Å². The Kier molecular flexibility index (Phi) is 6.57. The van der Waals surface area contributed by atoms with Gasteiger partial charge in [0.15, 0.2) is 0 Å². The van der Waals surface area contributed by atoms with Crippen molar-refractivity contribution < 1.29 is 22.8 Å². The number of fused-ring (bicyclic) bond motifs is 1. The first kappa shape index (κ1) is 23.9. The average Bonchev–Trinajstić information content (AvgIpc) is 3.29. The van der Waals surface area contributed by atoms with Crippen molar-refractivity contribution in [3.05, 3.63) is 71.3 Å². The molecule has 1 unspecified atom stereocenters. The van der Waals surface area contributed by atoms with Crippen LogP contribution in [0.1, 0.15) is 53.1 Å². The molecule has 35 heavy (non-hydrogen) atoms. The van der Waals surface area contributed by atoms with E-state index in [0.717, 1.165) is 12.1 Å². The molecule has 8 heteroatoms. The van der Waals surface area contributed by atoms with Crippen LogP contribution in [0.2, 0.25) is 0 Å². The van der Waals surface area contributed by atoms with Gasteiger partial charge in [0.25, 0.3) is 5.91 Å². The van der Waals surface area contributed by atoms with Gasteiger partial charge in [-0.3, -0.25) is 9.59 Å². The summed E-state index contributed by atoms with van der Waals surface area (Å²) in [5.74, 6) is 0.668. The molecule has 3 atom stereocenters. The predicted octanol–water partition coefficient (Wildman–Crippen LogP) is 4.21. The third kappa shape index (κ3) is 5.37. The topological polar surface area (TPSA) is 61.4 Å². The maximum absolute atomic E-state index is 12.9. The molecule has 3 fully saturated rings. The molecule has 0 aromatic heterocycles. The summed E-state index contributed by atoms with van der Waals surface area (Å²) >= 11 is 0. The van der Waals surface area contributed by atoms with E-state index >= 15 is 0 Å². The Morgan fingerprint density at radius 1 is 0.914 bits per heavy atom. The van der Waals surface area contributed by atoms with Crippen LogP contribution in [-0.2, 0) is 11.0 Å². The molecule has 3 aliphatic rings. The van der Waals surface area contributed by atoms with Crippen LogP contribution in [0.15, 0.2) is 54.6 Å². The standard InChI is InChI=1S/C27H30F3N3O2/c28-27(29,30)20-8-4-7-19(13-20)26(35)31-14-24(34)33-15-22-23(16-33)25(22)32-21-11-9-18(10-12-21)17-5-2-1-3-6-17/h1-8,13,18,21-23,25,32H,9-12,14-16H2,(H,31,35)/t18?,21?,22-,23+,25?. The molecule has 1 saturated heterocycles. The first-order valence-electron chi connectivity index (χ1n) is 12.3. The maximum Gasteiger partial charge on any atom is 0.416 e. The van der Waals surface area contributed by atoms with Gasteiger partial charge in [-0.2, -0.15) is 13.2 Å². The van der Waals surface area contributed by atoms with E-state index < -0.39 is 17.6 Å². The molecular weight excluding hydrogens is 455 g/mol. The Bertz CT molecular complexity index is 1050. The van der Waals surface area contributed by atoms with Crippen LogP contribution in [0.5, 0.6) is 0 Å². The van der Waals surface area contributed by atoms with Gasteiger partial charge in [0.05, 0.1) is 12.1 Å². The largest absolute Gasteiger partial charge is 0.416 e. The third-order valence-corrected chi connectivity index (χ3v) is 7.83. The van der Waals surface area contributed by atoms with E-state index in [1.165, 1.54) is 43.4 Å².